The number of para-hydroxylation sites is 1. The van der Waals surface area contributed by atoms with Crippen LogP contribution in [-0.2, 0) is 6.42 Å². The molecule has 1 aliphatic heterocycles. The lowest BCUT2D eigenvalue weighted by Crippen LogP contribution is -2.37. The summed E-state index contributed by atoms with van der Waals surface area (Å²) in [6.45, 7) is 8.38. The number of amidine groups is 2. The van der Waals surface area contributed by atoms with Gasteiger partial charge in [0.25, 0.3) is 0 Å². The van der Waals surface area contributed by atoms with E-state index in [1.807, 2.05) is 34.8 Å². The molecule has 0 fully saturated rings. The first-order valence-corrected chi connectivity index (χ1v) is 22.0. The minimum absolute atomic E-state index is 0.309. The molecule has 0 saturated carbocycles. The predicted octanol–water partition coefficient (Wildman–Crippen LogP) is 15.1. The maximum atomic E-state index is 6.78. The van der Waals surface area contributed by atoms with E-state index in [1.165, 1.54) is 40.7 Å². The van der Waals surface area contributed by atoms with E-state index in [9.17, 15) is 0 Å². The summed E-state index contributed by atoms with van der Waals surface area (Å²) in [6, 6.07) is 44.0. The van der Waals surface area contributed by atoms with Crippen molar-refractivity contribution in [3.05, 3.63) is 174 Å². The van der Waals surface area contributed by atoms with Crippen LogP contribution in [0.3, 0.4) is 0 Å². The molecule has 59 heavy (non-hydrogen) atoms. The van der Waals surface area contributed by atoms with Gasteiger partial charge in [-0.05, 0) is 121 Å². The van der Waals surface area contributed by atoms with Gasteiger partial charge in [0.15, 0.2) is 0 Å². The van der Waals surface area contributed by atoms with Crippen LogP contribution in [0.4, 0.5) is 0 Å². The molecule has 2 aliphatic rings. The minimum Gasteiger partial charge on any atom is -0.455 e. The van der Waals surface area contributed by atoms with Gasteiger partial charge in [-0.15, -0.1) is 29.3 Å². The molecule has 1 N–H and O–H groups in total. The van der Waals surface area contributed by atoms with Crippen LogP contribution in [0, 0.1) is 5.41 Å². The molecule has 0 radical (unpaired) electrons. The van der Waals surface area contributed by atoms with Gasteiger partial charge in [0.1, 0.15) is 29.0 Å². The molecule has 6 heteroatoms. The number of furan rings is 1. The Morgan fingerprint density at radius 1 is 0.780 bits per heavy atom. The first kappa shape index (κ1) is 35.8. The molecule has 11 rings (SSSR count). The number of thiophene rings is 2. The zero-order chi connectivity index (χ0) is 39.7. The Kier molecular flexibility index (Phi) is 8.61. The smallest absolute Gasteiger partial charge is 0.147 e. The van der Waals surface area contributed by atoms with Crippen molar-refractivity contribution in [2.24, 2.45) is 15.4 Å². The highest BCUT2D eigenvalue weighted by atomic mass is 32.1. The lowest BCUT2D eigenvalue weighted by molar-refractivity contribution is 0.572. The molecule has 0 amide bonds. The monoisotopic (exact) mass is 799 g/mol. The van der Waals surface area contributed by atoms with Crippen LogP contribution in [0.15, 0.2) is 167 Å². The SMILES string of the molecule is C=CCC(C)(/C=C\C)C1=NC(c2ccc3sc4c(c3c2)CCC=C4)NC(c2cccc(-c3ccc(-c4ccc5sc6ccccc6c5c4)c4oc5ccccc5c34)c2)=N1. The Hall–Kier alpha value is -6.34. The summed E-state index contributed by atoms with van der Waals surface area (Å²) < 4.78 is 10.7. The molecular weight excluding hydrogens is 759 g/mol. The van der Waals surface area contributed by atoms with Crippen LogP contribution >= 0.6 is 22.7 Å². The van der Waals surface area contributed by atoms with Crippen LogP contribution in [0.1, 0.15) is 54.4 Å². The van der Waals surface area contributed by atoms with Gasteiger partial charge >= 0.3 is 0 Å². The molecule has 9 aromatic rings. The van der Waals surface area contributed by atoms with Gasteiger partial charge < -0.3 is 9.73 Å². The fourth-order valence-corrected chi connectivity index (χ4v) is 11.4. The number of nitrogens with zero attached hydrogens (tertiary/aromatic N) is 2. The molecule has 4 nitrogen and oxygen atoms in total. The van der Waals surface area contributed by atoms with Crippen molar-refractivity contribution in [2.75, 3.05) is 0 Å². The molecule has 2 unspecified atom stereocenters. The highest BCUT2D eigenvalue weighted by Crippen LogP contribution is 2.44. The van der Waals surface area contributed by atoms with E-state index in [0.717, 1.165) is 86.3 Å². The summed E-state index contributed by atoms with van der Waals surface area (Å²) in [7, 11) is 0. The van der Waals surface area contributed by atoms with Crippen molar-refractivity contribution < 1.29 is 4.42 Å². The van der Waals surface area contributed by atoms with Crippen LogP contribution < -0.4 is 5.32 Å². The lowest BCUT2D eigenvalue weighted by Gasteiger charge is -2.31. The molecule has 4 heterocycles. The molecule has 1 aliphatic carbocycles. The number of hydrogen-bond acceptors (Lipinski definition) is 6. The van der Waals surface area contributed by atoms with Crippen molar-refractivity contribution in [3.8, 4) is 22.3 Å². The maximum Gasteiger partial charge on any atom is 0.147 e. The van der Waals surface area contributed by atoms with E-state index in [2.05, 4.69) is 165 Å². The first-order chi connectivity index (χ1) is 29.0. The third-order valence-electron chi connectivity index (χ3n) is 12.0. The van der Waals surface area contributed by atoms with Crippen molar-refractivity contribution in [2.45, 2.75) is 39.3 Å². The number of fused-ring (bicyclic) bond motifs is 9. The second-order valence-electron chi connectivity index (χ2n) is 15.9. The third kappa shape index (κ3) is 6.00. The van der Waals surface area contributed by atoms with Crippen molar-refractivity contribution in [3.63, 3.8) is 0 Å². The zero-order valence-corrected chi connectivity index (χ0v) is 34.6. The van der Waals surface area contributed by atoms with Gasteiger partial charge in [0, 0.05) is 57.1 Å². The Balaban J connectivity index is 1.04. The van der Waals surface area contributed by atoms with Gasteiger partial charge in [-0.25, -0.2) is 9.98 Å². The number of benzene rings is 6. The number of nitrogens with one attached hydrogen (secondary N) is 1. The second kappa shape index (κ2) is 14.2. The molecule has 286 valence electrons. The first-order valence-electron chi connectivity index (χ1n) is 20.3. The van der Waals surface area contributed by atoms with Crippen molar-refractivity contribution >= 4 is 92.6 Å². The number of aryl methyl sites for hydroxylation is 1. The molecule has 0 bridgehead atoms. The average Bonchev–Trinajstić information content (AvgIpc) is 3.97. The van der Waals surface area contributed by atoms with Gasteiger partial charge in [0.05, 0.1) is 0 Å². The molecular formula is C53H41N3OS2. The lowest BCUT2D eigenvalue weighted by atomic mass is 9.84. The van der Waals surface area contributed by atoms with Crippen LogP contribution in [-0.4, -0.2) is 11.7 Å². The van der Waals surface area contributed by atoms with E-state index >= 15 is 0 Å². The van der Waals surface area contributed by atoms with Crippen LogP contribution in [0.5, 0.6) is 0 Å². The third-order valence-corrected chi connectivity index (χ3v) is 14.3. The van der Waals surface area contributed by atoms with Crippen molar-refractivity contribution in [1.82, 2.24) is 5.32 Å². The molecule has 0 saturated heterocycles. The van der Waals surface area contributed by atoms with Gasteiger partial charge in [-0.2, -0.15) is 0 Å². The highest BCUT2D eigenvalue weighted by Gasteiger charge is 2.32. The molecule has 0 spiro atoms. The van der Waals surface area contributed by atoms with Crippen LogP contribution in [0.2, 0.25) is 0 Å². The average molecular weight is 800 g/mol. The van der Waals surface area contributed by atoms with Gasteiger partial charge in [0.2, 0.25) is 0 Å². The molecule has 6 aromatic carbocycles. The standard InChI is InChI=1S/C53H41N3OS2/c1-4-27-53(3,28-5-2)52-55-50(54-51(56-52)35-22-26-47-42(31-35)39-16-8-11-20-45(39)59-47)34-14-12-13-32(29-34)36-23-24-37(49-48(36)40-17-6-9-18-43(40)57-49)33-21-25-46-41(30-33)38-15-7-10-19-44(38)58-46/h4-7,9-15,17-26,28-31,51H,1,8,16,27H2,2-3H3,(H,54,55,56)/b28-5-. The van der Waals surface area contributed by atoms with Crippen molar-refractivity contribution in [1.29, 1.82) is 0 Å². The molecule has 2 atom stereocenters. The quantitative estimate of drug-likeness (QED) is 0.156. The fourth-order valence-electron chi connectivity index (χ4n) is 9.12. The molecule has 3 aromatic heterocycles. The normalized spacial score (nSPS) is 16.5. The summed E-state index contributed by atoms with van der Waals surface area (Å²) in [6.07, 6.45) is 13.4. The number of hydrogen-bond donors (Lipinski definition) is 1. The summed E-state index contributed by atoms with van der Waals surface area (Å²) in [4.78, 5) is 12.1. The number of allylic oxidation sites excluding steroid dienone is 3. The topological polar surface area (TPSA) is 49.9 Å². The Labute approximate surface area is 351 Å². The van der Waals surface area contributed by atoms with E-state index in [4.69, 9.17) is 14.4 Å². The maximum absolute atomic E-state index is 6.78. The summed E-state index contributed by atoms with van der Waals surface area (Å²) in [5, 5.41) is 9.90. The zero-order valence-electron chi connectivity index (χ0n) is 33.0. The largest absolute Gasteiger partial charge is 0.455 e. The minimum atomic E-state index is -0.424. The van der Waals surface area contributed by atoms with Gasteiger partial charge in [-0.3, -0.25) is 0 Å². The number of aliphatic imine (C=N–C) groups is 2. The van der Waals surface area contributed by atoms with Gasteiger partial charge in [-0.1, -0.05) is 97.1 Å². The Bertz CT molecular complexity index is 3300. The van der Waals surface area contributed by atoms with E-state index in [1.54, 1.807) is 0 Å². The Morgan fingerprint density at radius 3 is 2.46 bits per heavy atom. The van der Waals surface area contributed by atoms with E-state index < -0.39 is 5.41 Å². The highest BCUT2D eigenvalue weighted by molar-refractivity contribution is 7.25. The summed E-state index contributed by atoms with van der Waals surface area (Å²) >= 11 is 3.72. The van der Waals surface area contributed by atoms with E-state index in [0.29, 0.717) is 0 Å². The Morgan fingerprint density at radius 2 is 1.56 bits per heavy atom. The second-order valence-corrected chi connectivity index (χ2v) is 18.0. The van der Waals surface area contributed by atoms with E-state index in [-0.39, 0.29) is 6.17 Å². The summed E-state index contributed by atoms with van der Waals surface area (Å²) in [5.74, 6) is 1.59. The number of rotatable bonds is 8. The van der Waals surface area contributed by atoms with Crippen LogP contribution in [0.25, 0.3) is 80.5 Å². The summed E-state index contributed by atoms with van der Waals surface area (Å²) in [5.41, 5.74) is 9.36. The predicted molar refractivity (Wildman–Crippen MR) is 254 cm³/mol. The fraction of sp³-hybridized carbons (Fsp3) is 0.132.